The molecule has 0 fully saturated rings. The zero-order valence-electron chi connectivity index (χ0n) is 8.70. The molecule has 0 aliphatic carbocycles. The van der Waals surface area contributed by atoms with Crippen LogP contribution in [0.25, 0.3) is 11.3 Å². The fourth-order valence-electron chi connectivity index (χ4n) is 1.21. The maximum absolute atomic E-state index is 12.3. The van der Waals surface area contributed by atoms with Gasteiger partial charge in [-0.1, -0.05) is 5.16 Å². The number of rotatable bonds is 1. The first-order chi connectivity index (χ1) is 7.47. The van der Waals surface area contributed by atoms with E-state index in [9.17, 15) is 13.2 Å². The largest absolute Gasteiger partial charge is 1.00 e. The van der Waals surface area contributed by atoms with Crippen molar-refractivity contribution in [1.82, 2.24) is 5.16 Å². The Hall–Kier alpha value is -1.56. The lowest BCUT2D eigenvalue weighted by Gasteiger charge is -1.97. The van der Waals surface area contributed by atoms with Gasteiger partial charge in [-0.25, -0.2) is 4.57 Å². The summed E-state index contributed by atoms with van der Waals surface area (Å²) in [6.45, 7) is 0. The molecule has 0 amide bonds. The van der Waals surface area contributed by atoms with E-state index in [1.165, 1.54) is 0 Å². The molecular formula is C10H8ClF3N2O. The standard InChI is InChI=1S/C10H8F3N2O.ClH/c1-15-4-2-7(3-5-15)8-6-9(14-16-8)10(11,12)13;/h2-6H,1H3;1H/q+1;/p-1. The topological polar surface area (TPSA) is 29.9 Å². The Morgan fingerprint density at radius 3 is 2.29 bits per heavy atom. The van der Waals surface area contributed by atoms with E-state index < -0.39 is 11.9 Å². The molecule has 2 aromatic heterocycles. The Bertz CT molecular complexity index is 493. The number of nitrogens with zero attached hydrogens (tertiary/aromatic N) is 2. The number of aromatic nitrogens is 2. The smallest absolute Gasteiger partial charge is 0.436 e. The average molecular weight is 265 g/mol. The Morgan fingerprint density at radius 1 is 1.24 bits per heavy atom. The van der Waals surface area contributed by atoms with Crippen molar-refractivity contribution in [3.8, 4) is 11.3 Å². The second-order valence-electron chi connectivity index (χ2n) is 3.33. The van der Waals surface area contributed by atoms with Gasteiger partial charge in [0.1, 0.15) is 7.05 Å². The van der Waals surface area contributed by atoms with Crippen molar-refractivity contribution in [3.63, 3.8) is 0 Å². The summed E-state index contributed by atoms with van der Waals surface area (Å²) in [5.41, 5.74) is -0.461. The molecule has 0 bridgehead atoms. The molecule has 0 aromatic carbocycles. The molecule has 0 radical (unpaired) electrons. The lowest BCUT2D eigenvalue weighted by atomic mass is 10.2. The van der Waals surface area contributed by atoms with Crippen molar-refractivity contribution in [3.05, 3.63) is 36.3 Å². The minimum absolute atomic E-state index is 0. The second-order valence-corrected chi connectivity index (χ2v) is 3.33. The molecule has 0 aliphatic heterocycles. The van der Waals surface area contributed by atoms with Crippen LogP contribution in [-0.2, 0) is 13.2 Å². The van der Waals surface area contributed by atoms with Crippen molar-refractivity contribution in [2.24, 2.45) is 7.05 Å². The molecule has 2 rings (SSSR count). The predicted octanol–water partition coefficient (Wildman–Crippen LogP) is -0.811. The molecular weight excluding hydrogens is 257 g/mol. The Kier molecular flexibility index (Phi) is 3.77. The highest BCUT2D eigenvalue weighted by Gasteiger charge is 2.35. The fourth-order valence-corrected chi connectivity index (χ4v) is 1.21. The molecule has 0 spiro atoms. The maximum Gasteiger partial charge on any atom is 0.436 e. The van der Waals surface area contributed by atoms with Crippen molar-refractivity contribution in [2.45, 2.75) is 6.18 Å². The number of halogens is 4. The third-order valence-electron chi connectivity index (χ3n) is 2.06. The summed E-state index contributed by atoms with van der Waals surface area (Å²) in [6, 6.07) is 4.19. The molecule has 17 heavy (non-hydrogen) atoms. The highest BCUT2D eigenvalue weighted by Crippen LogP contribution is 2.31. The first-order valence-corrected chi connectivity index (χ1v) is 4.46. The average Bonchev–Trinajstić information content (AvgIpc) is 2.67. The van der Waals surface area contributed by atoms with Gasteiger partial charge in [-0.2, -0.15) is 13.2 Å². The van der Waals surface area contributed by atoms with Crippen LogP contribution in [-0.4, -0.2) is 5.16 Å². The van der Waals surface area contributed by atoms with Crippen LogP contribution in [0, 0.1) is 0 Å². The van der Waals surface area contributed by atoms with Gasteiger partial charge in [0.2, 0.25) is 0 Å². The van der Waals surface area contributed by atoms with Crippen molar-refractivity contribution in [1.29, 1.82) is 0 Å². The quantitative estimate of drug-likeness (QED) is 0.631. The Morgan fingerprint density at radius 2 is 1.82 bits per heavy atom. The van der Waals surface area contributed by atoms with Gasteiger partial charge in [-0.05, 0) is 0 Å². The van der Waals surface area contributed by atoms with Crippen LogP contribution < -0.4 is 17.0 Å². The van der Waals surface area contributed by atoms with Gasteiger partial charge < -0.3 is 16.9 Å². The number of alkyl halides is 3. The summed E-state index contributed by atoms with van der Waals surface area (Å²) in [7, 11) is 1.81. The van der Waals surface area contributed by atoms with Crippen LogP contribution in [0.5, 0.6) is 0 Å². The van der Waals surface area contributed by atoms with Gasteiger partial charge in [0.15, 0.2) is 23.8 Å². The molecule has 3 nitrogen and oxygen atoms in total. The Labute approximate surface area is 101 Å². The van der Waals surface area contributed by atoms with E-state index in [1.54, 1.807) is 29.1 Å². The van der Waals surface area contributed by atoms with Crippen LogP contribution in [0.4, 0.5) is 13.2 Å². The normalized spacial score (nSPS) is 11.1. The zero-order valence-corrected chi connectivity index (χ0v) is 9.46. The van der Waals surface area contributed by atoms with Crippen LogP contribution in [0.2, 0.25) is 0 Å². The summed E-state index contributed by atoms with van der Waals surface area (Å²) in [6.07, 6.45) is -1.04. The number of hydrogen-bond donors (Lipinski definition) is 0. The lowest BCUT2D eigenvalue weighted by Crippen LogP contribution is -3.00. The van der Waals surface area contributed by atoms with E-state index in [4.69, 9.17) is 0 Å². The lowest BCUT2D eigenvalue weighted by molar-refractivity contribution is -0.671. The van der Waals surface area contributed by atoms with Crippen molar-refractivity contribution >= 4 is 0 Å². The monoisotopic (exact) mass is 264 g/mol. The molecule has 0 atom stereocenters. The number of hydrogen-bond acceptors (Lipinski definition) is 2. The minimum Gasteiger partial charge on any atom is -1.00 e. The van der Waals surface area contributed by atoms with Crippen LogP contribution in [0.3, 0.4) is 0 Å². The predicted molar refractivity (Wildman–Crippen MR) is 48.1 cm³/mol. The third kappa shape index (κ3) is 2.97. The van der Waals surface area contributed by atoms with Crippen LogP contribution in [0.1, 0.15) is 5.69 Å². The summed E-state index contributed by atoms with van der Waals surface area (Å²) < 4.78 is 43.2. The van der Waals surface area contributed by atoms with E-state index in [0.29, 0.717) is 5.56 Å². The highest BCUT2D eigenvalue weighted by atomic mass is 35.5. The van der Waals surface area contributed by atoms with E-state index in [-0.39, 0.29) is 18.2 Å². The molecule has 0 N–H and O–H groups in total. The molecule has 0 saturated heterocycles. The zero-order chi connectivity index (χ0) is 11.8. The highest BCUT2D eigenvalue weighted by molar-refractivity contribution is 5.55. The van der Waals surface area contributed by atoms with Gasteiger partial charge >= 0.3 is 6.18 Å². The third-order valence-corrected chi connectivity index (χ3v) is 2.06. The van der Waals surface area contributed by atoms with Crippen molar-refractivity contribution < 1.29 is 34.7 Å². The summed E-state index contributed by atoms with van der Waals surface area (Å²) >= 11 is 0. The van der Waals surface area contributed by atoms with E-state index >= 15 is 0 Å². The van der Waals surface area contributed by atoms with Gasteiger partial charge in [0.25, 0.3) is 0 Å². The summed E-state index contributed by atoms with van der Waals surface area (Å²) in [5, 5.41) is 2.98. The fraction of sp³-hybridized carbons (Fsp3) is 0.200. The molecule has 7 heteroatoms. The SMILES string of the molecule is C[n+]1ccc(-c2cc(C(F)(F)F)no2)cc1.[Cl-]. The van der Waals surface area contributed by atoms with Crippen LogP contribution in [0.15, 0.2) is 35.1 Å². The first kappa shape index (κ1) is 13.5. The molecule has 2 aromatic rings. The molecule has 92 valence electrons. The number of aryl methyl sites for hydroxylation is 1. The molecule has 2 heterocycles. The van der Waals surface area contributed by atoms with E-state index in [1.807, 2.05) is 7.05 Å². The van der Waals surface area contributed by atoms with Gasteiger partial charge in [-0.15, -0.1) is 0 Å². The van der Waals surface area contributed by atoms with Gasteiger partial charge in [0.05, 0.1) is 0 Å². The van der Waals surface area contributed by atoms with E-state index in [2.05, 4.69) is 9.68 Å². The molecule has 0 saturated carbocycles. The minimum atomic E-state index is -4.47. The van der Waals surface area contributed by atoms with Crippen molar-refractivity contribution in [2.75, 3.05) is 0 Å². The number of pyridine rings is 1. The Balaban J connectivity index is 0.00000144. The first-order valence-electron chi connectivity index (χ1n) is 4.46. The summed E-state index contributed by atoms with van der Waals surface area (Å²) in [5.74, 6) is 0.105. The second kappa shape index (κ2) is 4.75. The molecule has 0 aliphatic rings. The maximum atomic E-state index is 12.3. The molecule has 0 unspecified atom stereocenters. The van der Waals surface area contributed by atoms with Gasteiger partial charge in [0, 0.05) is 23.8 Å². The van der Waals surface area contributed by atoms with Crippen LogP contribution >= 0.6 is 0 Å². The van der Waals surface area contributed by atoms with Gasteiger partial charge in [-0.3, -0.25) is 0 Å². The van der Waals surface area contributed by atoms with E-state index in [0.717, 1.165) is 6.07 Å². The summed E-state index contributed by atoms with van der Waals surface area (Å²) in [4.78, 5) is 0.